The van der Waals surface area contributed by atoms with Crippen LogP contribution in [0.15, 0.2) is 0 Å². The second-order valence-corrected chi connectivity index (χ2v) is 8.08. The van der Waals surface area contributed by atoms with Crippen LogP contribution in [0.3, 0.4) is 0 Å². The number of hydrogen-bond acceptors (Lipinski definition) is 4. The van der Waals surface area contributed by atoms with E-state index in [0.717, 1.165) is 25.8 Å². The fourth-order valence-corrected chi connectivity index (χ4v) is 4.40. The smallest absolute Gasteiger partial charge is 0.113 e. The Bertz CT molecular complexity index is 446. The summed E-state index contributed by atoms with van der Waals surface area (Å²) in [5.74, 6) is 0. The predicted octanol–water partition coefficient (Wildman–Crippen LogP) is 4.05. The molecule has 120 valence electrons. The number of nitrogens with one attached hydrogen (secondary N) is 1. The molecule has 0 saturated carbocycles. The number of thiazole rings is 1. The molecule has 0 saturated heterocycles. The van der Waals surface area contributed by atoms with Crippen molar-refractivity contribution in [2.45, 2.75) is 77.4 Å². The first kappa shape index (κ1) is 16.9. The van der Waals surface area contributed by atoms with E-state index in [1.165, 1.54) is 34.8 Å². The molecule has 1 N–H and O–H groups in total. The van der Waals surface area contributed by atoms with Crippen molar-refractivity contribution >= 4 is 11.3 Å². The van der Waals surface area contributed by atoms with Crippen LogP contribution in [0.1, 0.15) is 69.0 Å². The Balaban J connectivity index is 2.27. The average molecular weight is 311 g/mol. The Hall–Kier alpha value is -0.450. The van der Waals surface area contributed by atoms with Crippen molar-refractivity contribution in [2.24, 2.45) is 0 Å². The number of rotatable bonds is 7. The Kier molecular flexibility index (Phi) is 5.44. The summed E-state index contributed by atoms with van der Waals surface area (Å²) in [6, 6.07) is 0. The van der Waals surface area contributed by atoms with Crippen LogP contribution in [0.25, 0.3) is 0 Å². The highest BCUT2D eigenvalue weighted by atomic mass is 32.1. The maximum absolute atomic E-state index is 5.67. The fourth-order valence-electron chi connectivity index (χ4n) is 3.13. The van der Waals surface area contributed by atoms with Gasteiger partial charge in [-0.3, -0.25) is 0 Å². The summed E-state index contributed by atoms with van der Waals surface area (Å²) in [7, 11) is 1.80. The zero-order chi connectivity index (χ0) is 15.5. The van der Waals surface area contributed by atoms with E-state index in [2.05, 4.69) is 33.0 Å². The van der Waals surface area contributed by atoms with Crippen LogP contribution in [-0.4, -0.2) is 24.2 Å². The van der Waals surface area contributed by atoms with Crippen LogP contribution in [0.4, 0.5) is 0 Å². The summed E-state index contributed by atoms with van der Waals surface area (Å²) in [5.41, 5.74) is 1.10. The third-order valence-corrected chi connectivity index (χ3v) is 5.84. The first-order valence-corrected chi connectivity index (χ1v) is 9.01. The minimum absolute atomic E-state index is 0.0997. The van der Waals surface area contributed by atoms with Gasteiger partial charge in [-0.15, -0.1) is 11.3 Å². The maximum atomic E-state index is 5.67. The molecule has 0 amide bonds. The molecule has 0 spiro atoms. The normalized spacial score (nSPS) is 18.3. The molecule has 4 heteroatoms. The second kappa shape index (κ2) is 6.76. The summed E-state index contributed by atoms with van der Waals surface area (Å²) in [4.78, 5) is 6.50. The van der Waals surface area contributed by atoms with Crippen LogP contribution in [-0.2, 0) is 23.1 Å². The Morgan fingerprint density at radius 3 is 2.57 bits per heavy atom. The number of aromatic nitrogens is 1. The SMILES string of the molecule is CCCNC(C)(CC(C)(C)OC)c1nc2c(s1)CCCC2. The topological polar surface area (TPSA) is 34.1 Å². The lowest BCUT2D eigenvalue weighted by molar-refractivity contribution is -0.00727. The molecule has 0 bridgehead atoms. The van der Waals surface area contributed by atoms with Gasteiger partial charge in [-0.2, -0.15) is 0 Å². The van der Waals surface area contributed by atoms with Crippen molar-refractivity contribution in [3.63, 3.8) is 0 Å². The molecule has 21 heavy (non-hydrogen) atoms. The van der Waals surface area contributed by atoms with E-state index in [9.17, 15) is 0 Å². The largest absolute Gasteiger partial charge is 0.379 e. The van der Waals surface area contributed by atoms with E-state index in [-0.39, 0.29) is 11.1 Å². The first-order chi connectivity index (χ1) is 9.90. The van der Waals surface area contributed by atoms with Crippen molar-refractivity contribution in [1.29, 1.82) is 0 Å². The molecule has 2 rings (SSSR count). The lowest BCUT2D eigenvalue weighted by atomic mass is 9.88. The second-order valence-electron chi connectivity index (χ2n) is 7.00. The van der Waals surface area contributed by atoms with E-state index in [0.29, 0.717) is 0 Å². The minimum atomic E-state index is -0.151. The molecule has 0 fully saturated rings. The van der Waals surface area contributed by atoms with Crippen molar-refractivity contribution in [1.82, 2.24) is 10.3 Å². The predicted molar refractivity (Wildman–Crippen MR) is 90.1 cm³/mol. The number of ether oxygens (including phenoxy) is 1. The maximum Gasteiger partial charge on any atom is 0.113 e. The summed E-state index contributed by atoms with van der Waals surface area (Å²) in [6.07, 6.45) is 7.04. The molecule has 0 aromatic carbocycles. The molecule has 0 aliphatic heterocycles. The molecular formula is C17H30N2OS. The molecule has 1 heterocycles. The standard InChI is InChI=1S/C17H30N2OS/c1-6-11-18-17(4,12-16(2,3)20-5)15-19-13-9-7-8-10-14(13)21-15/h18H,6-12H2,1-5H3. The van der Waals surface area contributed by atoms with Gasteiger partial charge in [-0.25, -0.2) is 4.98 Å². The van der Waals surface area contributed by atoms with Crippen molar-refractivity contribution in [3.05, 3.63) is 15.6 Å². The van der Waals surface area contributed by atoms with Crippen LogP contribution in [0.5, 0.6) is 0 Å². The number of hydrogen-bond donors (Lipinski definition) is 1. The molecular weight excluding hydrogens is 280 g/mol. The molecule has 1 aliphatic carbocycles. The first-order valence-electron chi connectivity index (χ1n) is 8.19. The summed E-state index contributed by atoms with van der Waals surface area (Å²) < 4.78 is 5.67. The molecule has 3 nitrogen and oxygen atoms in total. The lowest BCUT2D eigenvalue weighted by Crippen LogP contribution is -2.46. The monoisotopic (exact) mass is 310 g/mol. The highest BCUT2D eigenvalue weighted by molar-refractivity contribution is 7.11. The van der Waals surface area contributed by atoms with Crippen LogP contribution < -0.4 is 5.32 Å². The summed E-state index contributed by atoms with van der Waals surface area (Å²) in [5, 5.41) is 4.97. The van der Waals surface area contributed by atoms with Gasteiger partial charge in [0.05, 0.1) is 16.8 Å². The number of fused-ring (bicyclic) bond motifs is 1. The van der Waals surface area contributed by atoms with Gasteiger partial charge in [-0.05, 0) is 59.4 Å². The number of methoxy groups -OCH3 is 1. The Morgan fingerprint density at radius 2 is 1.95 bits per heavy atom. The van der Waals surface area contributed by atoms with E-state index < -0.39 is 0 Å². The number of nitrogens with zero attached hydrogens (tertiary/aromatic N) is 1. The third-order valence-electron chi connectivity index (χ3n) is 4.41. The Labute approximate surface area is 133 Å². The van der Waals surface area contributed by atoms with E-state index in [1.807, 2.05) is 11.3 Å². The molecule has 1 aromatic rings. The van der Waals surface area contributed by atoms with Gasteiger partial charge in [0.2, 0.25) is 0 Å². The van der Waals surface area contributed by atoms with Gasteiger partial charge in [0.15, 0.2) is 0 Å². The number of aryl methyl sites for hydroxylation is 2. The lowest BCUT2D eigenvalue weighted by Gasteiger charge is -2.36. The van der Waals surface area contributed by atoms with Gasteiger partial charge in [0, 0.05) is 18.4 Å². The molecule has 1 aliphatic rings. The zero-order valence-corrected chi connectivity index (χ0v) is 15.0. The molecule has 1 aromatic heterocycles. The van der Waals surface area contributed by atoms with Crippen molar-refractivity contribution < 1.29 is 4.74 Å². The van der Waals surface area contributed by atoms with Gasteiger partial charge >= 0.3 is 0 Å². The summed E-state index contributed by atoms with van der Waals surface area (Å²) >= 11 is 1.91. The highest BCUT2D eigenvalue weighted by Gasteiger charge is 2.37. The van der Waals surface area contributed by atoms with E-state index in [4.69, 9.17) is 9.72 Å². The zero-order valence-electron chi connectivity index (χ0n) is 14.2. The minimum Gasteiger partial charge on any atom is -0.379 e. The van der Waals surface area contributed by atoms with E-state index >= 15 is 0 Å². The molecule has 0 radical (unpaired) electrons. The third kappa shape index (κ3) is 4.05. The molecule has 1 unspecified atom stereocenters. The van der Waals surface area contributed by atoms with Gasteiger partial charge < -0.3 is 10.1 Å². The van der Waals surface area contributed by atoms with Gasteiger partial charge in [0.25, 0.3) is 0 Å². The van der Waals surface area contributed by atoms with Gasteiger partial charge in [0.1, 0.15) is 5.01 Å². The van der Waals surface area contributed by atoms with Crippen LogP contribution in [0.2, 0.25) is 0 Å². The van der Waals surface area contributed by atoms with Crippen LogP contribution >= 0.6 is 11.3 Å². The Morgan fingerprint density at radius 1 is 1.24 bits per heavy atom. The van der Waals surface area contributed by atoms with E-state index in [1.54, 1.807) is 7.11 Å². The van der Waals surface area contributed by atoms with Gasteiger partial charge in [-0.1, -0.05) is 6.92 Å². The average Bonchev–Trinajstić information content (AvgIpc) is 2.89. The molecule has 1 atom stereocenters. The van der Waals surface area contributed by atoms with Crippen LogP contribution in [0, 0.1) is 0 Å². The fraction of sp³-hybridized carbons (Fsp3) is 0.824. The highest BCUT2D eigenvalue weighted by Crippen LogP contribution is 2.37. The van der Waals surface area contributed by atoms with Crippen molar-refractivity contribution in [3.8, 4) is 0 Å². The summed E-state index contributed by atoms with van der Waals surface area (Å²) in [6.45, 7) is 9.83. The van der Waals surface area contributed by atoms with Crippen molar-refractivity contribution in [2.75, 3.05) is 13.7 Å². The quantitative estimate of drug-likeness (QED) is 0.825.